The fraction of sp³-hybridized carbons (Fsp3) is 0.250. The van der Waals surface area contributed by atoms with E-state index in [1.807, 2.05) is 0 Å². The van der Waals surface area contributed by atoms with Crippen molar-refractivity contribution in [1.29, 1.82) is 0 Å². The molecule has 0 bridgehead atoms. The highest BCUT2D eigenvalue weighted by molar-refractivity contribution is 5.80. The molecule has 1 saturated carbocycles. The lowest BCUT2D eigenvalue weighted by atomic mass is 9.74. The number of rotatable bonds is 2. The standard InChI is InChI=1S/C32H28O/c33-32-27(16-17-29-26-9-4-2-7-23(26)19-31(29)32)21-14-12-20(13-15-21)24-10-5-11-28-25-8-3-1-6-22(25)18-30(24)28/h1-11,16-17,20-21,33H,12-15,18-19H2. The Bertz CT molecular complexity index is 1390. The molecule has 0 aromatic heterocycles. The minimum absolute atomic E-state index is 0.462. The molecule has 33 heavy (non-hydrogen) atoms. The summed E-state index contributed by atoms with van der Waals surface area (Å²) >= 11 is 0. The van der Waals surface area contributed by atoms with Gasteiger partial charge in [0.05, 0.1) is 0 Å². The average Bonchev–Trinajstić information content (AvgIpc) is 3.44. The molecule has 0 radical (unpaired) electrons. The summed E-state index contributed by atoms with van der Waals surface area (Å²) in [4.78, 5) is 0. The lowest BCUT2D eigenvalue weighted by Crippen LogP contribution is -2.14. The maximum absolute atomic E-state index is 11.2. The Kier molecular flexibility index (Phi) is 4.27. The van der Waals surface area contributed by atoms with Crippen LogP contribution in [0.2, 0.25) is 0 Å². The van der Waals surface area contributed by atoms with Crippen LogP contribution in [0.25, 0.3) is 22.3 Å². The highest BCUT2D eigenvalue weighted by atomic mass is 16.3. The number of phenolic OH excluding ortho intramolecular Hbond substituents is 1. The van der Waals surface area contributed by atoms with Gasteiger partial charge in [-0.1, -0.05) is 78.9 Å². The molecule has 1 nitrogen and oxygen atoms in total. The number of hydrogen-bond donors (Lipinski definition) is 1. The largest absolute Gasteiger partial charge is 0.507 e. The Labute approximate surface area is 195 Å². The first-order chi connectivity index (χ1) is 16.3. The molecule has 0 atom stereocenters. The van der Waals surface area contributed by atoms with Crippen LogP contribution in [-0.2, 0) is 12.8 Å². The smallest absolute Gasteiger partial charge is 0.123 e. The highest BCUT2D eigenvalue weighted by Crippen LogP contribution is 2.49. The van der Waals surface area contributed by atoms with Crippen LogP contribution in [0.4, 0.5) is 0 Å². The number of aromatic hydroxyl groups is 1. The third kappa shape index (κ3) is 2.92. The second kappa shape index (κ2) is 7.35. The Balaban J connectivity index is 1.14. The summed E-state index contributed by atoms with van der Waals surface area (Å²) in [6.07, 6.45) is 6.65. The van der Waals surface area contributed by atoms with E-state index in [0.717, 1.165) is 31.2 Å². The van der Waals surface area contributed by atoms with E-state index in [1.54, 1.807) is 11.1 Å². The van der Waals surface area contributed by atoms with Crippen molar-refractivity contribution in [3.63, 3.8) is 0 Å². The minimum atomic E-state index is 0.462. The van der Waals surface area contributed by atoms with Crippen molar-refractivity contribution >= 4 is 0 Å². The van der Waals surface area contributed by atoms with Crippen molar-refractivity contribution in [1.82, 2.24) is 0 Å². The van der Waals surface area contributed by atoms with Gasteiger partial charge < -0.3 is 5.11 Å². The van der Waals surface area contributed by atoms with Gasteiger partial charge in [0.1, 0.15) is 5.75 Å². The Morgan fingerprint density at radius 3 is 1.73 bits per heavy atom. The van der Waals surface area contributed by atoms with Crippen LogP contribution in [0.15, 0.2) is 78.9 Å². The fourth-order valence-corrected chi connectivity index (χ4v) is 6.82. The zero-order chi connectivity index (χ0) is 21.9. The van der Waals surface area contributed by atoms with Gasteiger partial charge in [-0.2, -0.15) is 0 Å². The Morgan fingerprint density at radius 1 is 0.485 bits per heavy atom. The van der Waals surface area contributed by atoms with Gasteiger partial charge in [0.25, 0.3) is 0 Å². The molecule has 0 unspecified atom stereocenters. The Morgan fingerprint density at radius 2 is 1.03 bits per heavy atom. The van der Waals surface area contributed by atoms with E-state index in [1.165, 1.54) is 51.8 Å². The molecule has 0 spiro atoms. The van der Waals surface area contributed by atoms with E-state index in [2.05, 4.69) is 78.9 Å². The Hall–Kier alpha value is -3.32. The maximum Gasteiger partial charge on any atom is 0.123 e. The molecule has 162 valence electrons. The first-order valence-electron chi connectivity index (χ1n) is 12.4. The number of hydrogen-bond acceptors (Lipinski definition) is 1. The summed E-state index contributed by atoms with van der Waals surface area (Å²) in [6, 6.07) is 28.8. The van der Waals surface area contributed by atoms with Crippen LogP contribution in [0.1, 0.15) is 70.9 Å². The lowest BCUT2D eigenvalue weighted by molar-refractivity contribution is 0.380. The SMILES string of the molecule is Oc1c(C2CCC(c3cccc4c3Cc3ccccc3-4)CC2)ccc2c1Cc1ccccc1-2. The normalized spacial score (nSPS) is 20.1. The summed E-state index contributed by atoms with van der Waals surface area (Å²) in [5, 5.41) is 11.2. The van der Waals surface area contributed by atoms with Crippen molar-refractivity contribution in [2.24, 2.45) is 0 Å². The molecule has 3 aliphatic rings. The van der Waals surface area contributed by atoms with E-state index < -0.39 is 0 Å². The molecule has 7 rings (SSSR count). The van der Waals surface area contributed by atoms with Crippen molar-refractivity contribution in [2.45, 2.75) is 50.4 Å². The van der Waals surface area contributed by atoms with E-state index in [-0.39, 0.29) is 0 Å². The summed E-state index contributed by atoms with van der Waals surface area (Å²) < 4.78 is 0. The van der Waals surface area contributed by atoms with Crippen LogP contribution < -0.4 is 0 Å². The second-order valence-corrected chi connectivity index (χ2v) is 10.1. The molecule has 4 aromatic carbocycles. The van der Waals surface area contributed by atoms with E-state index >= 15 is 0 Å². The van der Waals surface area contributed by atoms with Crippen LogP contribution in [0.3, 0.4) is 0 Å². The maximum atomic E-state index is 11.2. The summed E-state index contributed by atoms with van der Waals surface area (Å²) in [5.74, 6) is 1.65. The van der Waals surface area contributed by atoms with Gasteiger partial charge in [-0.3, -0.25) is 0 Å². The topological polar surface area (TPSA) is 20.2 Å². The van der Waals surface area contributed by atoms with Gasteiger partial charge >= 0.3 is 0 Å². The van der Waals surface area contributed by atoms with Crippen LogP contribution in [0, 0.1) is 0 Å². The van der Waals surface area contributed by atoms with Crippen molar-refractivity contribution in [3.05, 3.63) is 112 Å². The quantitative estimate of drug-likeness (QED) is 0.296. The molecule has 3 aliphatic carbocycles. The van der Waals surface area contributed by atoms with Gasteiger partial charge in [-0.05, 0) is 94.0 Å². The molecule has 0 saturated heterocycles. The fourth-order valence-electron chi connectivity index (χ4n) is 6.82. The predicted octanol–water partition coefficient (Wildman–Crippen LogP) is 7.98. The first kappa shape index (κ1) is 19.2. The summed E-state index contributed by atoms with van der Waals surface area (Å²) in [6.45, 7) is 0. The first-order valence-corrected chi connectivity index (χ1v) is 12.4. The van der Waals surface area contributed by atoms with Crippen molar-refractivity contribution in [2.75, 3.05) is 0 Å². The minimum Gasteiger partial charge on any atom is -0.507 e. The molecule has 1 N–H and O–H groups in total. The number of fused-ring (bicyclic) bond motifs is 6. The molecule has 0 amide bonds. The molecule has 0 heterocycles. The van der Waals surface area contributed by atoms with Crippen molar-refractivity contribution < 1.29 is 5.11 Å². The number of phenols is 1. The van der Waals surface area contributed by atoms with Gasteiger partial charge in [0, 0.05) is 12.0 Å². The number of benzene rings is 4. The van der Waals surface area contributed by atoms with E-state index in [4.69, 9.17) is 0 Å². The lowest BCUT2D eigenvalue weighted by Gasteiger charge is -2.31. The summed E-state index contributed by atoms with van der Waals surface area (Å²) in [7, 11) is 0. The predicted molar refractivity (Wildman–Crippen MR) is 135 cm³/mol. The molecule has 0 aliphatic heterocycles. The van der Waals surface area contributed by atoms with Crippen LogP contribution in [0.5, 0.6) is 5.75 Å². The van der Waals surface area contributed by atoms with E-state index in [9.17, 15) is 5.11 Å². The average molecular weight is 429 g/mol. The van der Waals surface area contributed by atoms with Crippen molar-refractivity contribution in [3.8, 4) is 28.0 Å². The molecule has 1 fully saturated rings. The second-order valence-electron chi connectivity index (χ2n) is 10.1. The molecule has 1 heteroatoms. The monoisotopic (exact) mass is 428 g/mol. The van der Waals surface area contributed by atoms with Gasteiger partial charge in [-0.25, -0.2) is 0 Å². The third-order valence-electron chi connectivity index (χ3n) is 8.48. The molecule has 4 aromatic rings. The summed E-state index contributed by atoms with van der Waals surface area (Å²) in [5.41, 5.74) is 13.6. The van der Waals surface area contributed by atoms with Gasteiger partial charge in [0.15, 0.2) is 0 Å². The zero-order valence-corrected chi connectivity index (χ0v) is 18.9. The van der Waals surface area contributed by atoms with E-state index in [0.29, 0.717) is 17.6 Å². The zero-order valence-electron chi connectivity index (χ0n) is 18.9. The highest BCUT2D eigenvalue weighted by Gasteiger charge is 2.31. The molecular weight excluding hydrogens is 400 g/mol. The van der Waals surface area contributed by atoms with Crippen LogP contribution >= 0.6 is 0 Å². The molecular formula is C32H28O. The van der Waals surface area contributed by atoms with Gasteiger partial charge in [-0.15, -0.1) is 0 Å². The van der Waals surface area contributed by atoms with Crippen LogP contribution in [-0.4, -0.2) is 5.11 Å². The van der Waals surface area contributed by atoms with Gasteiger partial charge in [0.2, 0.25) is 0 Å². The third-order valence-corrected chi connectivity index (χ3v) is 8.48.